The second-order valence-electron chi connectivity index (χ2n) is 6.10. The molecule has 0 N–H and O–H groups in total. The van der Waals surface area contributed by atoms with Crippen molar-refractivity contribution in [1.29, 1.82) is 0 Å². The van der Waals surface area contributed by atoms with Gasteiger partial charge in [-0.1, -0.05) is 17.3 Å². The van der Waals surface area contributed by atoms with Gasteiger partial charge in [0.25, 0.3) is 5.91 Å². The molecule has 0 saturated carbocycles. The molecule has 8 nitrogen and oxygen atoms in total. The lowest BCUT2D eigenvalue weighted by Crippen LogP contribution is -2.41. The minimum atomic E-state index is -3.77. The molecule has 26 heavy (non-hydrogen) atoms. The Morgan fingerprint density at radius 1 is 1.27 bits per heavy atom. The second kappa shape index (κ2) is 7.56. The first-order valence-electron chi connectivity index (χ1n) is 8.24. The van der Waals surface area contributed by atoms with Gasteiger partial charge in [0, 0.05) is 26.2 Å². The first kappa shape index (κ1) is 18.6. The normalized spacial score (nSPS) is 15.8. The Kier molecular flexibility index (Phi) is 5.40. The van der Waals surface area contributed by atoms with E-state index in [4.69, 9.17) is 9.26 Å². The maximum absolute atomic E-state index is 13.0. The summed E-state index contributed by atoms with van der Waals surface area (Å²) in [7, 11) is -2.17. The van der Waals surface area contributed by atoms with Crippen LogP contribution in [0, 0.1) is 6.92 Å². The number of ether oxygens (including phenoxy) is 1. The molecular weight excluding hydrogens is 358 g/mol. The highest BCUT2D eigenvalue weighted by atomic mass is 32.2. The fourth-order valence-corrected chi connectivity index (χ4v) is 4.40. The number of nitrogens with zero attached hydrogens (tertiary/aromatic N) is 3. The first-order valence-corrected chi connectivity index (χ1v) is 9.68. The Labute approximate surface area is 152 Å². The van der Waals surface area contributed by atoms with Crippen molar-refractivity contribution in [1.82, 2.24) is 14.4 Å². The lowest BCUT2D eigenvalue weighted by Gasteiger charge is -2.27. The summed E-state index contributed by atoms with van der Waals surface area (Å²) in [6.07, 6.45) is 0. The van der Waals surface area contributed by atoms with Crippen molar-refractivity contribution >= 4 is 15.9 Å². The van der Waals surface area contributed by atoms with E-state index in [-0.39, 0.29) is 30.1 Å². The maximum atomic E-state index is 13.0. The molecule has 0 unspecified atom stereocenters. The largest absolute Gasteiger partial charge is 0.379 e. The molecule has 0 atom stereocenters. The third-order valence-electron chi connectivity index (χ3n) is 4.13. The molecule has 2 heterocycles. The van der Waals surface area contributed by atoms with Crippen LogP contribution in [-0.4, -0.2) is 62.0 Å². The van der Waals surface area contributed by atoms with E-state index in [2.05, 4.69) is 5.16 Å². The number of benzene rings is 1. The van der Waals surface area contributed by atoms with Crippen LogP contribution in [0.1, 0.15) is 21.8 Å². The van der Waals surface area contributed by atoms with Gasteiger partial charge in [-0.15, -0.1) is 0 Å². The molecular formula is C17H21N3O5S. The molecule has 1 saturated heterocycles. The van der Waals surface area contributed by atoms with Gasteiger partial charge in [-0.2, -0.15) is 4.31 Å². The van der Waals surface area contributed by atoms with Gasteiger partial charge in [-0.05, 0) is 19.1 Å². The van der Waals surface area contributed by atoms with Crippen molar-refractivity contribution in [2.45, 2.75) is 18.4 Å². The predicted molar refractivity (Wildman–Crippen MR) is 93.1 cm³/mol. The standard InChI is InChI=1S/C17H21N3O5S/c1-13-11-14(18-25-13)12-19(2)17(21)15-5-3-4-6-16(15)26(22,23)20-7-9-24-10-8-20/h3-6,11H,7-10,12H2,1-2H3. The van der Waals surface area contributed by atoms with Crippen molar-refractivity contribution in [2.75, 3.05) is 33.4 Å². The van der Waals surface area contributed by atoms with Crippen molar-refractivity contribution in [3.8, 4) is 0 Å². The number of sulfonamides is 1. The fourth-order valence-electron chi connectivity index (χ4n) is 2.81. The topological polar surface area (TPSA) is 93.0 Å². The van der Waals surface area contributed by atoms with E-state index in [0.29, 0.717) is 24.7 Å². The summed E-state index contributed by atoms with van der Waals surface area (Å²) in [6.45, 7) is 3.24. The minimum absolute atomic E-state index is 0.00934. The zero-order valence-electron chi connectivity index (χ0n) is 14.7. The third kappa shape index (κ3) is 3.79. The van der Waals surface area contributed by atoms with Crippen LogP contribution in [0.2, 0.25) is 0 Å². The Morgan fingerprint density at radius 2 is 1.96 bits per heavy atom. The van der Waals surface area contributed by atoms with E-state index in [9.17, 15) is 13.2 Å². The molecule has 1 aliphatic heterocycles. The summed E-state index contributed by atoms with van der Waals surface area (Å²) in [5.41, 5.74) is 0.744. The highest BCUT2D eigenvalue weighted by Crippen LogP contribution is 2.22. The zero-order chi connectivity index (χ0) is 18.7. The summed E-state index contributed by atoms with van der Waals surface area (Å²) in [5.74, 6) is 0.259. The molecule has 0 radical (unpaired) electrons. The van der Waals surface area contributed by atoms with Crippen molar-refractivity contribution < 1.29 is 22.5 Å². The van der Waals surface area contributed by atoms with Crippen LogP contribution in [0.15, 0.2) is 39.8 Å². The van der Waals surface area contributed by atoms with E-state index < -0.39 is 15.9 Å². The van der Waals surface area contributed by atoms with E-state index in [0.717, 1.165) is 0 Å². The zero-order valence-corrected chi connectivity index (χ0v) is 15.5. The van der Waals surface area contributed by atoms with Crippen LogP contribution in [-0.2, 0) is 21.3 Å². The average molecular weight is 379 g/mol. The molecule has 1 aromatic carbocycles. The van der Waals surface area contributed by atoms with Crippen LogP contribution >= 0.6 is 0 Å². The number of morpholine rings is 1. The molecule has 9 heteroatoms. The maximum Gasteiger partial charge on any atom is 0.255 e. The van der Waals surface area contributed by atoms with E-state index in [1.807, 2.05) is 0 Å². The molecule has 0 aliphatic carbocycles. The lowest BCUT2D eigenvalue weighted by molar-refractivity contribution is 0.0727. The molecule has 2 aromatic rings. The number of hydrogen-bond donors (Lipinski definition) is 0. The predicted octanol–water partition coefficient (Wildman–Crippen LogP) is 1.28. The Morgan fingerprint density at radius 3 is 2.62 bits per heavy atom. The summed E-state index contributed by atoms with van der Waals surface area (Å²) >= 11 is 0. The smallest absolute Gasteiger partial charge is 0.255 e. The SMILES string of the molecule is Cc1cc(CN(C)C(=O)c2ccccc2S(=O)(=O)N2CCOCC2)no1. The van der Waals surface area contributed by atoms with Gasteiger partial charge in [-0.3, -0.25) is 4.79 Å². The van der Waals surface area contributed by atoms with Gasteiger partial charge in [0.1, 0.15) is 11.5 Å². The van der Waals surface area contributed by atoms with E-state index in [1.54, 1.807) is 32.2 Å². The van der Waals surface area contributed by atoms with Crippen LogP contribution < -0.4 is 0 Å². The van der Waals surface area contributed by atoms with Crippen LogP contribution in [0.5, 0.6) is 0 Å². The van der Waals surface area contributed by atoms with Crippen LogP contribution in [0.25, 0.3) is 0 Å². The summed E-state index contributed by atoms with van der Waals surface area (Å²) in [6, 6.07) is 8.00. The molecule has 1 aliphatic rings. The van der Waals surface area contributed by atoms with Gasteiger partial charge < -0.3 is 14.2 Å². The molecule has 0 bridgehead atoms. The number of carbonyl (C=O) groups excluding carboxylic acids is 1. The summed E-state index contributed by atoms with van der Waals surface area (Å²) in [5, 5.41) is 3.87. The van der Waals surface area contributed by atoms with E-state index >= 15 is 0 Å². The highest BCUT2D eigenvalue weighted by molar-refractivity contribution is 7.89. The van der Waals surface area contributed by atoms with Crippen molar-refractivity contribution in [3.63, 3.8) is 0 Å². The monoisotopic (exact) mass is 379 g/mol. The molecule has 0 spiro atoms. The van der Waals surface area contributed by atoms with Gasteiger partial charge in [-0.25, -0.2) is 8.42 Å². The highest BCUT2D eigenvalue weighted by Gasteiger charge is 2.31. The number of carbonyl (C=O) groups is 1. The third-order valence-corrected chi connectivity index (χ3v) is 6.08. The number of rotatable bonds is 5. The second-order valence-corrected chi connectivity index (χ2v) is 8.01. The molecule has 1 aromatic heterocycles. The lowest BCUT2D eigenvalue weighted by atomic mass is 10.2. The molecule has 3 rings (SSSR count). The average Bonchev–Trinajstić information content (AvgIpc) is 3.06. The van der Waals surface area contributed by atoms with Gasteiger partial charge in [0.2, 0.25) is 10.0 Å². The van der Waals surface area contributed by atoms with Crippen LogP contribution in [0.3, 0.4) is 0 Å². The van der Waals surface area contributed by atoms with Gasteiger partial charge in [0.15, 0.2) is 0 Å². The molecule has 1 amide bonds. The number of aryl methyl sites for hydroxylation is 1. The quantitative estimate of drug-likeness (QED) is 0.777. The minimum Gasteiger partial charge on any atom is -0.379 e. The number of hydrogen-bond acceptors (Lipinski definition) is 6. The number of amides is 1. The van der Waals surface area contributed by atoms with Gasteiger partial charge in [0.05, 0.1) is 30.2 Å². The first-order chi connectivity index (χ1) is 12.4. The Balaban J connectivity index is 1.87. The summed E-state index contributed by atoms with van der Waals surface area (Å²) in [4.78, 5) is 14.3. The van der Waals surface area contributed by atoms with E-state index in [1.165, 1.54) is 21.3 Å². The molecule has 1 fully saturated rings. The Hall–Kier alpha value is -2.23. The number of aromatic nitrogens is 1. The molecule has 140 valence electrons. The Bertz CT molecular complexity index is 887. The van der Waals surface area contributed by atoms with Crippen LogP contribution in [0.4, 0.5) is 0 Å². The summed E-state index contributed by atoms with van der Waals surface area (Å²) < 4.78 is 37.5. The van der Waals surface area contributed by atoms with Crippen molar-refractivity contribution in [3.05, 3.63) is 47.3 Å². The van der Waals surface area contributed by atoms with Gasteiger partial charge >= 0.3 is 0 Å². The van der Waals surface area contributed by atoms with Crippen molar-refractivity contribution in [2.24, 2.45) is 0 Å². The fraction of sp³-hybridized carbons (Fsp3) is 0.412.